The first kappa shape index (κ1) is 33.9. The van der Waals surface area contributed by atoms with Gasteiger partial charge in [-0.05, 0) is 115 Å². The third-order valence-corrected chi connectivity index (χ3v) is 11.5. The van der Waals surface area contributed by atoms with Crippen LogP contribution in [0.4, 0.5) is 10.5 Å². The highest BCUT2D eigenvalue weighted by molar-refractivity contribution is 6.02. The van der Waals surface area contributed by atoms with Gasteiger partial charge in [-0.3, -0.25) is 4.79 Å². The van der Waals surface area contributed by atoms with Crippen LogP contribution in [-0.4, -0.2) is 78.6 Å². The number of anilines is 1. The largest absolute Gasteiger partial charge is 0.496 e. The topological polar surface area (TPSA) is 98.4 Å². The van der Waals surface area contributed by atoms with Crippen molar-refractivity contribution >= 4 is 39.6 Å². The molecule has 3 atom stereocenters. The second-order valence-electron chi connectivity index (χ2n) is 16.1. The number of piperidine rings is 2. The highest BCUT2D eigenvalue weighted by Crippen LogP contribution is 2.44. The van der Waals surface area contributed by atoms with Gasteiger partial charge in [-0.25, -0.2) is 4.79 Å². The fourth-order valence-corrected chi connectivity index (χ4v) is 8.83. The van der Waals surface area contributed by atoms with Crippen LogP contribution in [0.5, 0.6) is 5.75 Å². The zero-order valence-electron chi connectivity index (χ0n) is 30.9. The van der Waals surface area contributed by atoms with Crippen LogP contribution in [0.25, 0.3) is 33.3 Å². The Labute approximate surface area is 300 Å². The number of benzene rings is 2. The Hall–Kier alpha value is -4.18. The van der Waals surface area contributed by atoms with Crippen molar-refractivity contribution in [2.24, 2.45) is 11.8 Å². The van der Waals surface area contributed by atoms with Gasteiger partial charge in [0.25, 0.3) is 5.91 Å². The van der Waals surface area contributed by atoms with Crippen molar-refractivity contribution in [3.63, 3.8) is 0 Å². The maximum atomic E-state index is 14.2. The number of methoxy groups -OCH3 is 1. The summed E-state index contributed by atoms with van der Waals surface area (Å²) in [5.41, 5.74) is 5.12. The zero-order chi connectivity index (χ0) is 35.6. The van der Waals surface area contributed by atoms with E-state index in [1.807, 2.05) is 37.8 Å². The Bertz CT molecular complexity index is 1960. The average molecular weight is 697 g/mol. The highest BCUT2D eigenvalue weighted by atomic mass is 16.6. The smallest absolute Gasteiger partial charge is 0.407 e. The molecule has 2 aliphatic carbocycles. The van der Waals surface area contributed by atoms with E-state index in [9.17, 15) is 9.59 Å². The van der Waals surface area contributed by atoms with Crippen molar-refractivity contribution in [2.45, 2.75) is 103 Å². The van der Waals surface area contributed by atoms with Crippen LogP contribution < -0.4 is 15.0 Å². The van der Waals surface area contributed by atoms with Gasteiger partial charge in [0.1, 0.15) is 16.9 Å². The molecule has 4 heterocycles. The molecule has 4 fully saturated rings. The van der Waals surface area contributed by atoms with Gasteiger partial charge in [0, 0.05) is 55.0 Å². The maximum Gasteiger partial charge on any atom is 0.407 e. The van der Waals surface area contributed by atoms with Crippen molar-refractivity contribution in [1.82, 2.24) is 14.8 Å². The molecule has 272 valence electrons. The number of likely N-dealkylation sites (tertiary alicyclic amines) is 1. The van der Waals surface area contributed by atoms with Gasteiger partial charge in [0.05, 0.1) is 41.9 Å². The lowest BCUT2D eigenvalue weighted by atomic mass is 10.0. The standard InChI is InChI=1S/C41H52N4O6/c1-7-49-30-14-16-43(17-15-30)29-12-10-26-18-33(44(32(26)21-29)22-25-8-9-25)38-24(2)36-34(48-6)19-28(20-35(36)50-38)39(46)45-23-27-11-13-31(45)37(27)42-40(47)51-41(3,4)5/h10,12,18-21,25,27,30-31,37H,7-9,11,13-17,22-23H2,1-6H3,(H,42,47)/t27?,31?,37-/m1/s1. The second kappa shape index (κ2) is 13.1. The summed E-state index contributed by atoms with van der Waals surface area (Å²) in [6.07, 6.45) is 6.33. The predicted octanol–water partition coefficient (Wildman–Crippen LogP) is 7.91. The molecule has 2 saturated carbocycles. The van der Waals surface area contributed by atoms with E-state index in [0.717, 1.165) is 74.3 Å². The Balaban J connectivity index is 1.10. The number of alkyl carbamates (subject to hydrolysis) is 1. The number of nitrogens with one attached hydrogen (secondary N) is 1. The molecule has 2 amide bonds. The number of carbonyl (C=O) groups is 2. The lowest BCUT2D eigenvalue weighted by Gasteiger charge is -2.33. The number of aryl methyl sites for hydroxylation is 1. The number of carbonyl (C=O) groups excluding carboxylic acids is 2. The summed E-state index contributed by atoms with van der Waals surface area (Å²) in [6.45, 7) is 14.0. The number of furan rings is 1. The monoisotopic (exact) mass is 696 g/mol. The highest BCUT2D eigenvalue weighted by Gasteiger charge is 2.50. The van der Waals surface area contributed by atoms with Crippen molar-refractivity contribution in [3.05, 3.63) is 47.5 Å². The zero-order valence-corrected chi connectivity index (χ0v) is 30.9. The quantitative estimate of drug-likeness (QED) is 0.190. The van der Waals surface area contributed by atoms with E-state index in [1.165, 1.54) is 29.4 Å². The molecule has 1 N–H and O–H groups in total. The molecule has 2 aliphatic heterocycles. The van der Waals surface area contributed by atoms with Gasteiger partial charge < -0.3 is 38.3 Å². The molecule has 2 bridgehead atoms. The summed E-state index contributed by atoms with van der Waals surface area (Å²) in [5.74, 6) is 2.22. The number of hydrogen-bond acceptors (Lipinski definition) is 7. The third-order valence-electron chi connectivity index (χ3n) is 11.5. The molecule has 2 aromatic heterocycles. The maximum absolute atomic E-state index is 14.2. The minimum atomic E-state index is -0.583. The number of aromatic nitrogens is 1. The number of fused-ring (bicyclic) bond motifs is 4. The fourth-order valence-electron chi connectivity index (χ4n) is 8.83. The van der Waals surface area contributed by atoms with Crippen LogP contribution in [0.3, 0.4) is 0 Å². The van der Waals surface area contributed by atoms with Crippen molar-refractivity contribution in [3.8, 4) is 17.2 Å². The van der Waals surface area contributed by atoms with E-state index in [2.05, 4.69) is 52.9 Å². The molecule has 51 heavy (non-hydrogen) atoms. The molecule has 10 nitrogen and oxygen atoms in total. The minimum Gasteiger partial charge on any atom is -0.496 e. The molecule has 2 aromatic carbocycles. The number of ether oxygens (including phenoxy) is 3. The van der Waals surface area contributed by atoms with Crippen molar-refractivity contribution in [2.75, 3.05) is 38.3 Å². The molecule has 0 radical (unpaired) electrons. The van der Waals surface area contributed by atoms with Gasteiger partial charge in [-0.15, -0.1) is 0 Å². The summed E-state index contributed by atoms with van der Waals surface area (Å²) >= 11 is 0. The molecular formula is C41H52N4O6. The van der Waals surface area contributed by atoms with Gasteiger partial charge >= 0.3 is 6.09 Å². The average Bonchev–Trinajstić information content (AvgIpc) is 3.45. The van der Waals surface area contributed by atoms with Crippen LogP contribution in [-0.2, 0) is 16.0 Å². The van der Waals surface area contributed by atoms with E-state index in [4.69, 9.17) is 18.6 Å². The SMILES string of the molecule is CCOC1CCN(c2ccc3cc(-c4oc5cc(C(=O)N6CC7CCC6[C@@H]7NC(=O)OC(C)(C)C)cc(OC)c5c4C)n(CC4CC4)c3c2)CC1. The summed E-state index contributed by atoms with van der Waals surface area (Å²) < 4.78 is 26.6. The molecule has 4 aromatic rings. The van der Waals surface area contributed by atoms with Gasteiger partial charge in [-0.2, -0.15) is 0 Å². The van der Waals surface area contributed by atoms with Crippen LogP contribution in [0.15, 0.2) is 40.8 Å². The third kappa shape index (κ3) is 6.45. The van der Waals surface area contributed by atoms with Crippen molar-refractivity contribution < 1.29 is 28.2 Å². The van der Waals surface area contributed by atoms with Gasteiger partial charge in [-0.1, -0.05) is 6.07 Å². The van der Waals surface area contributed by atoms with Gasteiger partial charge in [0.15, 0.2) is 5.76 Å². The molecule has 10 heteroatoms. The molecule has 8 rings (SSSR count). The summed E-state index contributed by atoms with van der Waals surface area (Å²) in [4.78, 5) is 31.2. The first-order chi connectivity index (χ1) is 24.5. The predicted molar refractivity (Wildman–Crippen MR) is 199 cm³/mol. The Morgan fingerprint density at radius 1 is 1.00 bits per heavy atom. The molecule has 2 unspecified atom stereocenters. The normalized spacial score (nSPS) is 22.4. The van der Waals surface area contributed by atoms with Crippen LogP contribution in [0.1, 0.15) is 82.1 Å². The Morgan fingerprint density at radius 3 is 2.49 bits per heavy atom. The lowest BCUT2D eigenvalue weighted by molar-refractivity contribution is 0.0459. The summed E-state index contributed by atoms with van der Waals surface area (Å²) in [7, 11) is 1.65. The van der Waals surface area contributed by atoms with Gasteiger partial charge in [0.2, 0.25) is 0 Å². The molecule has 0 spiro atoms. The van der Waals surface area contributed by atoms with E-state index in [1.54, 1.807) is 7.11 Å². The molecular weight excluding hydrogens is 644 g/mol. The Morgan fingerprint density at radius 2 is 1.78 bits per heavy atom. The minimum absolute atomic E-state index is 0.0744. The van der Waals surface area contributed by atoms with E-state index >= 15 is 0 Å². The van der Waals surface area contributed by atoms with Crippen LogP contribution in [0.2, 0.25) is 0 Å². The summed E-state index contributed by atoms with van der Waals surface area (Å²) in [6, 6.07) is 12.6. The number of amides is 2. The second-order valence-corrected chi connectivity index (χ2v) is 16.1. The van der Waals surface area contributed by atoms with E-state index in [-0.39, 0.29) is 23.9 Å². The molecule has 2 saturated heterocycles. The summed E-state index contributed by atoms with van der Waals surface area (Å²) in [5, 5.41) is 5.15. The first-order valence-corrected chi connectivity index (χ1v) is 18.9. The fraction of sp³-hybridized carbons (Fsp3) is 0.561. The first-order valence-electron chi connectivity index (χ1n) is 18.9. The van der Waals surface area contributed by atoms with E-state index < -0.39 is 11.7 Å². The van der Waals surface area contributed by atoms with Crippen LogP contribution >= 0.6 is 0 Å². The van der Waals surface area contributed by atoms with E-state index in [0.29, 0.717) is 35.5 Å². The number of nitrogens with zero attached hydrogens (tertiary/aromatic N) is 3. The molecule has 4 aliphatic rings. The number of rotatable bonds is 9. The lowest BCUT2D eigenvalue weighted by Crippen LogP contribution is -2.46. The van der Waals surface area contributed by atoms with Crippen LogP contribution in [0, 0.1) is 18.8 Å². The number of hydrogen-bond donors (Lipinski definition) is 1. The Kier molecular flexibility index (Phi) is 8.72. The van der Waals surface area contributed by atoms with Crippen molar-refractivity contribution in [1.29, 1.82) is 0 Å².